The van der Waals surface area contributed by atoms with Crippen LogP contribution in [0.3, 0.4) is 0 Å². The van der Waals surface area contributed by atoms with Gasteiger partial charge in [0.05, 0.1) is 0 Å². The number of aromatic nitrogens is 2. The van der Waals surface area contributed by atoms with Gasteiger partial charge in [-0.25, -0.2) is 8.78 Å². The van der Waals surface area contributed by atoms with Crippen LogP contribution in [0.2, 0.25) is 0 Å². The molecule has 1 aromatic carbocycles. The summed E-state index contributed by atoms with van der Waals surface area (Å²) >= 11 is 0. The second-order valence-corrected chi connectivity index (χ2v) is 3.89. The van der Waals surface area contributed by atoms with Gasteiger partial charge in [0.2, 0.25) is 11.7 Å². The maximum Gasteiger partial charge on any atom is 0.303 e. The van der Waals surface area contributed by atoms with Crippen LogP contribution in [0.5, 0.6) is 0 Å². The molecule has 1 heterocycles. The largest absolute Gasteiger partial charge is 0.481 e. The first-order valence-corrected chi connectivity index (χ1v) is 5.56. The summed E-state index contributed by atoms with van der Waals surface area (Å²) in [7, 11) is 0. The topological polar surface area (TPSA) is 76.2 Å². The van der Waals surface area contributed by atoms with E-state index in [1.807, 2.05) is 0 Å². The molecule has 0 aliphatic rings. The van der Waals surface area contributed by atoms with Gasteiger partial charge in [-0.2, -0.15) is 4.98 Å². The van der Waals surface area contributed by atoms with Gasteiger partial charge in [-0.15, -0.1) is 0 Å². The standard InChI is InChI=1S/C12H10F2N2O3/c13-8-5-4-7(6-9(8)14)12-15-10(19-16-12)2-1-3-11(17)18/h4-6H,1-3H2,(H,17,18). The minimum atomic E-state index is -0.991. The van der Waals surface area contributed by atoms with E-state index in [2.05, 4.69) is 10.1 Å². The monoisotopic (exact) mass is 268 g/mol. The molecule has 1 N–H and O–H groups in total. The molecular weight excluding hydrogens is 258 g/mol. The fourth-order valence-corrected chi connectivity index (χ4v) is 1.50. The van der Waals surface area contributed by atoms with Gasteiger partial charge in [0.15, 0.2) is 11.6 Å². The van der Waals surface area contributed by atoms with Crippen molar-refractivity contribution in [3.8, 4) is 11.4 Å². The Morgan fingerprint density at radius 1 is 1.32 bits per heavy atom. The van der Waals surface area contributed by atoms with Crippen molar-refractivity contribution < 1.29 is 23.2 Å². The Labute approximate surface area is 106 Å². The van der Waals surface area contributed by atoms with Crippen molar-refractivity contribution in [2.45, 2.75) is 19.3 Å². The number of aryl methyl sites for hydroxylation is 1. The smallest absolute Gasteiger partial charge is 0.303 e. The lowest BCUT2D eigenvalue weighted by Crippen LogP contribution is -1.96. The summed E-state index contributed by atoms with van der Waals surface area (Å²) in [6.45, 7) is 0. The third-order valence-electron chi connectivity index (χ3n) is 2.43. The summed E-state index contributed by atoms with van der Waals surface area (Å²) in [6.07, 6.45) is 0.695. The number of carbonyl (C=O) groups is 1. The van der Waals surface area contributed by atoms with E-state index in [0.29, 0.717) is 18.4 Å². The molecule has 0 fully saturated rings. The number of carboxylic acid groups (broad SMARTS) is 1. The highest BCUT2D eigenvalue weighted by atomic mass is 19.2. The van der Waals surface area contributed by atoms with Gasteiger partial charge in [-0.3, -0.25) is 4.79 Å². The van der Waals surface area contributed by atoms with E-state index >= 15 is 0 Å². The van der Waals surface area contributed by atoms with Gasteiger partial charge in [0, 0.05) is 18.4 Å². The van der Waals surface area contributed by atoms with E-state index in [-0.39, 0.29) is 18.1 Å². The van der Waals surface area contributed by atoms with Crippen LogP contribution in [0.1, 0.15) is 18.7 Å². The Bertz CT molecular complexity index is 598. The van der Waals surface area contributed by atoms with Crippen molar-refractivity contribution in [3.05, 3.63) is 35.7 Å². The van der Waals surface area contributed by atoms with Crippen LogP contribution < -0.4 is 0 Å². The van der Waals surface area contributed by atoms with Crippen molar-refractivity contribution in [2.75, 3.05) is 0 Å². The fraction of sp³-hybridized carbons (Fsp3) is 0.250. The fourth-order valence-electron chi connectivity index (χ4n) is 1.50. The molecule has 0 aliphatic heterocycles. The number of hydrogen-bond acceptors (Lipinski definition) is 4. The zero-order valence-electron chi connectivity index (χ0n) is 9.77. The molecular formula is C12H10F2N2O3. The SMILES string of the molecule is O=C(O)CCCc1nc(-c2ccc(F)c(F)c2)no1. The van der Waals surface area contributed by atoms with Crippen LogP contribution in [0.4, 0.5) is 8.78 Å². The molecule has 0 aliphatic carbocycles. The molecule has 19 heavy (non-hydrogen) atoms. The average Bonchev–Trinajstić information content (AvgIpc) is 2.81. The van der Waals surface area contributed by atoms with E-state index in [9.17, 15) is 13.6 Å². The van der Waals surface area contributed by atoms with Gasteiger partial charge in [-0.05, 0) is 24.6 Å². The lowest BCUT2D eigenvalue weighted by molar-refractivity contribution is -0.137. The Kier molecular flexibility index (Phi) is 3.84. The lowest BCUT2D eigenvalue weighted by Gasteiger charge is -1.95. The Balaban J connectivity index is 2.07. The molecule has 2 aromatic rings. The lowest BCUT2D eigenvalue weighted by atomic mass is 10.2. The van der Waals surface area contributed by atoms with Crippen molar-refractivity contribution in [3.63, 3.8) is 0 Å². The van der Waals surface area contributed by atoms with Crippen molar-refractivity contribution >= 4 is 5.97 Å². The maximum absolute atomic E-state index is 13.0. The van der Waals surface area contributed by atoms with Crippen LogP contribution in [0.25, 0.3) is 11.4 Å². The molecule has 0 radical (unpaired) electrons. The molecule has 0 spiro atoms. The molecule has 0 atom stereocenters. The normalized spacial score (nSPS) is 10.6. The average molecular weight is 268 g/mol. The molecule has 0 saturated carbocycles. The van der Waals surface area contributed by atoms with Crippen molar-refractivity contribution in [2.24, 2.45) is 0 Å². The Morgan fingerprint density at radius 2 is 2.11 bits per heavy atom. The number of rotatable bonds is 5. The second kappa shape index (κ2) is 5.55. The first-order valence-electron chi connectivity index (χ1n) is 5.56. The summed E-state index contributed by atoms with van der Waals surface area (Å²) < 4.78 is 30.7. The number of halogens is 2. The zero-order valence-corrected chi connectivity index (χ0v) is 9.77. The van der Waals surface area contributed by atoms with Gasteiger partial charge in [0.25, 0.3) is 0 Å². The molecule has 100 valence electrons. The number of benzene rings is 1. The molecule has 0 unspecified atom stereocenters. The molecule has 0 saturated heterocycles. The third-order valence-corrected chi connectivity index (χ3v) is 2.43. The van der Waals surface area contributed by atoms with Gasteiger partial charge >= 0.3 is 5.97 Å². The first-order chi connectivity index (χ1) is 9.06. The Hall–Kier alpha value is -2.31. The van der Waals surface area contributed by atoms with Gasteiger partial charge < -0.3 is 9.63 Å². The maximum atomic E-state index is 13.0. The van der Waals surface area contributed by atoms with Crippen LogP contribution in [0.15, 0.2) is 22.7 Å². The third kappa shape index (κ3) is 3.34. The van der Waals surface area contributed by atoms with E-state index < -0.39 is 17.6 Å². The number of nitrogens with zero attached hydrogens (tertiary/aromatic N) is 2. The molecule has 5 nitrogen and oxygen atoms in total. The molecule has 1 aromatic heterocycles. The second-order valence-electron chi connectivity index (χ2n) is 3.89. The molecule has 2 rings (SSSR count). The summed E-state index contributed by atoms with van der Waals surface area (Å²) in [5.74, 6) is -2.44. The highest BCUT2D eigenvalue weighted by molar-refractivity contribution is 5.66. The number of aliphatic carboxylic acids is 1. The first kappa shape index (κ1) is 13.1. The van der Waals surface area contributed by atoms with Gasteiger partial charge in [0.1, 0.15) is 0 Å². The summed E-state index contributed by atoms with van der Waals surface area (Å²) in [5, 5.41) is 12.1. The van der Waals surface area contributed by atoms with E-state index in [1.165, 1.54) is 6.07 Å². The van der Waals surface area contributed by atoms with Crippen LogP contribution in [-0.4, -0.2) is 21.2 Å². The summed E-state index contributed by atoms with van der Waals surface area (Å²) in [5.41, 5.74) is 0.298. The molecule has 0 bridgehead atoms. The number of hydrogen-bond donors (Lipinski definition) is 1. The van der Waals surface area contributed by atoms with Crippen molar-refractivity contribution in [1.82, 2.24) is 10.1 Å². The highest BCUT2D eigenvalue weighted by Gasteiger charge is 2.11. The predicted octanol–water partition coefficient (Wildman–Crippen LogP) is 2.42. The zero-order chi connectivity index (χ0) is 13.8. The van der Waals surface area contributed by atoms with Gasteiger partial charge in [-0.1, -0.05) is 5.16 Å². The quantitative estimate of drug-likeness (QED) is 0.901. The van der Waals surface area contributed by atoms with Crippen LogP contribution >= 0.6 is 0 Å². The van der Waals surface area contributed by atoms with E-state index in [0.717, 1.165) is 12.1 Å². The summed E-state index contributed by atoms with van der Waals surface area (Å²) in [6, 6.07) is 3.29. The van der Waals surface area contributed by atoms with E-state index in [1.54, 1.807) is 0 Å². The van der Waals surface area contributed by atoms with Crippen LogP contribution in [0, 0.1) is 11.6 Å². The van der Waals surface area contributed by atoms with Crippen molar-refractivity contribution in [1.29, 1.82) is 0 Å². The van der Waals surface area contributed by atoms with Crippen LogP contribution in [-0.2, 0) is 11.2 Å². The number of carboxylic acids is 1. The summed E-state index contributed by atoms with van der Waals surface area (Å²) in [4.78, 5) is 14.3. The van der Waals surface area contributed by atoms with E-state index in [4.69, 9.17) is 9.63 Å². The minimum Gasteiger partial charge on any atom is -0.481 e. The Morgan fingerprint density at radius 3 is 2.79 bits per heavy atom. The molecule has 0 amide bonds. The predicted molar refractivity (Wildman–Crippen MR) is 60.2 cm³/mol. The molecule has 7 heteroatoms. The highest BCUT2D eigenvalue weighted by Crippen LogP contribution is 2.19. The minimum absolute atomic E-state index is 0.00287.